The number of carbonyl (C=O) groups excluding carboxylic acids is 1. The van der Waals surface area contributed by atoms with Gasteiger partial charge in [-0.15, -0.1) is 12.4 Å². The quantitative estimate of drug-likeness (QED) is 0.872. The van der Waals surface area contributed by atoms with Gasteiger partial charge in [-0.2, -0.15) is 0 Å². The van der Waals surface area contributed by atoms with Crippen LogP contribution in [0.15, 0.2) is 18.2 Å². The maximum atomic E-state index is 12.0. The van der Waals surface area contributed by atoms with E-state index >= 15 is 0 Å². The summed E-state index contributed by atoms with van der Waals surface area (Å²) in [5.74, 6) is -0.00860. The molecular formula is C16H25ClN2O2. The predicted molar refractivity (Wildman–Crippen MR) is 86.8 cm³/mol. The minimum Gasteiger partial charge on any atom is -0.364 e. The van der Waals surface area contributed by atoms with Crippen LogP contribution in [0, 0.1) is 13.8 Å². The number of halogens is 1. The molecule has 0 bridgehead atoms. The summed E-state index contributed by atoms with van der Waals surface area (Å²) >= 11 is 0. The lowest BCUT2D eigenvalue weighted by molar-refractivity contribution is -0.131. The highest BCUT2D eigenvalue weighted by Crippen LogP contribution is 2.18. The van der Waals surface area contributed by atoms with Gasteiger partial charge in [0.25, 0.3) is 0 Å². The zero-order chi connectivity index (χ0) is 14.5. The van der Waals surface area contributed by atoms with Crippen molar-refractivity contribution in [2.75, 3.05) is 13.1 Å². The molecule has 118 valence electrons. The molecule has 1 amide bonds. The first-order valence-electron chi connectivity index (χ1n) is 7.29. The van der Waals surface area contributed by atoms with Crippen molar-refractivity contribution in [2.45, 2.75) is 45.3 Å². The molecule has 21 heavy (non-hydrogen) atoms. The number of aryl methyl sites for hydroxylation is 2. The van der Waals surface area contributed by atoms with Crippen LogP contribution in [0.1, 0.15) is 29.5 Å². The van der Waals surface area contributed by atoms with Gasteiger partial charge < -0.3 is 15.8 Å². The number of hydrogen-bond acceptors (Lipinski definition) is 3. The Kier molecular flexibility index (Phi) is 7.15. The molecule has 1 heterocycles. The average Bonchev–Trinajstić information content (AvgIpc) is 2.90. The highest BCUT2D eigenvalue weighted by molar-refractivity contribution is 5.85. The van der Waals surface area contributed by atoms with E-state index in [1.165, 1.54) is 16.7 Å². The third-order valence-corrected chi connectivity index (χ3v) is 3.85. The van der Waals surface area contributed by atoms with Gasteiger partial charge in [0, 0.05) is 13.1 Å². The lowest BCUT2D eigenvalue weighted by Crippen LogP contribution is -2.36. The fourth-order valence-corrected chi connectivity index (χ4v) is 2.63. The highest BCUT2D eigenvalue weighted by Gasteiger charge is 2.29. The maximum Gasteiger partial charge on any atom is 0.249 e. The topological polar surface area (TPSA) is 64.4 Å². The summed E-state index contributed by atoms with van der Waals surface area (Å²) in [6, 6.07) is 6.41. The van der Waals surface area contributed by atoms with Crippen molar-refractivity contribution >= 4 is 18.3 Å². The second kappa shape index (κ2) is 8.37. The van der Waals surface area contributed by atoms with E-state index in [0.29, 0.717) is 13.1 Å². The monoisotopic (exact) mass is 312 g/mol. The van der Waals surface area contributed by atoms with Gasteiger partial charge in [0.15, 0.2) is 0 Å². The van der Waals surface area contributed by atoms with Crippen LogP contribution in [0.5, 0.6) is 0 Å². The lowest BCUT2D eigenvalue weighted by Gasteiger charge is -2.13. The summed E-state index contributed by atoms with van der Waals surface area (Å²) in [6.45, 7) is 5.34. The number of nitrogens with two attached hydrogens (primary N) is 1. The Bertz CT molecular complexity index is 479. The Morgan fingerprint density at radius 3 is 2.76 bits per heavy atom. The summed E-state index contributed by atoms with van der Waals surface area (Å²) in [6.07, 6.45) is 2.24. The lowest BCUT2D eigenvalue weighted by atomic mass is 10.0. The van der Waals surface area contributed by atoms with Crippen LogP contribution in [0.25, 0.3) is 0 Å². The molecule has 0 spiro atoms. The summed E-state index contributed by atoms with van der Waals surface area (Å²) in [7, 11) is 0. The minimum atomic E-state index is -0.317. The molecule has 0 saturated carbocycles. The van der Waals surface area contributed by atoms with Gasteiger partial charge in [0.2, 0.25) is 5.91 Å². The molecule has 4 nitrogen and oxygen atoms in total. The van der Waals surface area contributed by atoms with Gasteiger partial charge in [0.05, 0.1) is 6.10 Å². The van der Waals surface area contributed by atoms with Gasteiger partial charge >= 0.3 is 0 Å². The molecule has 3 N–H and O–H groups in total. The van der Waals surface area contributed by atoms with Crippen LogP contribution in [0.3, 0.4) is 0 Å². The Morgan fingerprint density at radius 2 is 2.14 bits per heavy atom. The number of amides is 1. The zero-order valence-electron chi connectivity index (χ0n) is 12.7. The van der Waals surface area contributed by atoms with Gasteiger partial charge in [-0.05, 0) is 44.2 Å². The molecule has 1 aliphatic rings. The first kappa shape index (κ1) is 18.0. The fourth-order valence-electron chi connectivity index (χ4n) is 2.63. The second-order valence-electron chi connectivity index (χ2n) is 5.53. The Morgan fingerprint density at radius 1 is 1.38 bits per heavy atom. The first-order chi connectivity index (χ1) is 9.60. The number of nitrogens with one attached hydrogen (secondary N) is 1. The first-order valence-corrected chi connectivity index (χ1v) is 7.29. The molecule has 1 aromatic rings. The zero-order valence-corrected chi connectivity index (χ0v) is 13.5. The number of hydrogen-bond donors (Lipinski definition) is 2. The smallest absolute Gasteiger partial charge is 0.249 e. The van der Waals surface area contributed by atoms with Crippen molar-refractivity contribution in [1.29, 1.82) is 0 Å². The molecule has 5 heteroatoms. The predicted octanol–water partition coefficient (Wildman–Crippen LogP) is 1.89. The van der Waals surface area contributed by atoms with E-state index in [0.717, 1.165) is 19.3 Å². The molecule has 0 aromatic heterocycles. The Balaban J connectivity index is 0.00000220. The number of ether oxygens (including phenoxy) is 1. The number of benzene rings is 1. The van der Waals surface area contributed by atoms with Crippen LogP contribution in [0.4, 0.5) is 0 Å². The van der Waals surface area contributed by atoms with E-state index in [4.69, 9.17) is 10.5 Å². The van der Waals surface area contributed by atoms with Crippen LogP contribution in [0.2, 0.25) is 0 Å². The maximum absolute atomic E-state index is 12.0. The second-order valence-corrected chi connectivity index (χ2v) is 5.53. The molecular weight excluding hydrogens is 288 g/mol. The number of carbonyl (C=O) groups is 1. The van der Waals surface area contributed by atoms with Gasteiger partial charge in [-0.3, -0.25) is 4.79 Å². The van der Waals surface area contributed by atoms with Crippen molar-refractivity contribution < 1.29 is 9.53 Å². The van der Waals surface area contributed by atoms with E-state index in [9.17, 15) is 4.79 Å². The van der Waals surface area contributed by atoms with Crippen molar-refractivity contribution in [3.63, 3.8) is 0 Å². The van der Waals surface area contributed by atoms with Gasteiger partial charge in [-0.25, -0.2) is 0 Å². The van der Waals surface area contributed by atoms with Gasteiger partial charge in [0.1, 0.15) is 6.10 Å². The molecule has 2 atom stereocenters. The van der Waals surface area contributed by atoms with Crippen molar-refractivity contribution in [3.05, 3.63) is 34.9 Å². The van der Waals surface area contributed by atoms with Gasteiger partial charge in [-0.1, -0.05) is 23.8 Å². The fraction of sp³-hybridized carbons (Fsp3) is 0.562. The molecule has 0 unspecified atom stereocenters. The molecule has 2 rings (SSSR count). The van der Waals surface area contributed by atoms with Crippen molar-refractivity contribution in [2.24, 2.45) is 5.73 Å². The number of rotatable bonds is 5. The normalized spacial score (nSPS) is 20.9. The van der Waals surface area contributed by atoms with E-state index < -0.39 is 0 Å². The van der Waals surface area contributed by atoms with Crippen LogP contribution in [-0.4, -0.2) is 31.2 Å². The molecule has 1 fully saturated rings. The largest absolute Gasteiger partial charge is 0.364 e. The van der Waals surface area contributed by atoms with Crippen molar-refractivity contribution in [1.82, 2.24) is 5.32 Å². The SMILES string of the molecule is Cc1ccc(CCNC(=O)[C@@H]2CC[C@H](CN)O2)c(C)c1.Cl. The highest BCUT2D eigenvalue weighted by atomic mass is 35.5. The van der Waals surface area contributed by atoms with E-state index in [1.54, 1.807) is 0 Å². The standard InChI is InChI=1S/C16H24N2O2.ClH/c1-11-3-4-13(12(2)9-11)7-8-18-16(19)15-6-5-14(10-17)20-15;/h3-4,9,14-15H,5-8,10,17H2,1-2H3,(H,18,19);1H/t14-,15+;/m1./s1. The molecule has 1 aliphatic heterocycles. The molecule has 1 aromatic carbocycles. The Labute approximate surface area is 132 Å². The third kappa shape index (κ3) is 4.99. The minimum absolute atomic E-state index is 0. The summed E-state index contributed by atoms with van der Waals surface area (Å²) in [4.78, 5) is 12.0. The molecule has 0 aliphatic carbocycles. The van der Waals surface area contributed by atoms with Crippen LogP contribution >= 0.6 is 12.4 Å². The summed E-state index contributed by atoms with van der Waals surface area (Å²) < 4.78 is 5.58. The van der Waals surface area contributed by atoms with Crippen LogP contribution < -0.4 is 11.1 Å². The molecule has 1 saturated heterocycles. The Hall–Kier alpha value is -1.10. The van der Waals surface area contributed by atoms with E-state index in [-0.39, 0.29) is 30.5 Å². The van der Waals surface area contributed by atoms with E-state index in [1.807, 2.05) is 0 Å². The molecule has 0 radical (unpaired) electrons. The average molecular weight is 313 g/mol. The van der Waals surface area contributed by atoms with E-state index in [2.05, 4.69) is 37.4 Å². The summed E-state index contributed by atoms with van der Waals surface area (Å²) in [5, 5.41) is 2.95. The van der Waals surface area contributed by atoms with Crippen molar-refractivity contribution in [3.8, 4) is 0 Å². The summed E-state index contributed by atoms with van der Waals surface area (Å²) in [5.41, 5.74) is 9.37. The third-order valence-electron chi connectivity index (χ3n) is 3.85. The van der Waals surface area contributed by atoms with Crippen LogP contribution in [-0.2, 0) is 16.0 Å².